The lowest BCUT2D eigenvalue weighted by Crippen LogP contribution is -2.48. The standard InChI is InChI=1S/C16H23N3O4S2/c1-12-4-6-14(7-5-12)25(21,22)10-8-15(20)18-19-16(24)17-11-13-3-2-9-23-13/h4-7,13H,2-3,8-11H2,1H3,(H,18,20)(H2,17,19,24)/t13-/m1/s1. The molecule has 0 unspecified atom stereocenters. The van der Waals surface area contributed by atoms with E-state index < -0.39 is 15.7 Å². The van der Waals surface area contributed by atoms with Gasteiger partial charge in [0.05, 0.1) is 16.8 Å². The second-order valence-electron chi connectivity index (χ2n) is 5.90. The van der Waals surface area contributed by atoms with Crippen molar-refractivity contribution in [2.75, 3.05) is 18.9 Å². The van der Waals surface area contributed by atoms with Crippen LogP contribution < -0.4 is 16.2 Å². The van der Waals surface area contributed by atoms with Crippen molar-refractivity contribution in [3.05, 3.63) is 29.8 Å². The number of hydrogen-bond donors (Lipinski definition) is 3. The molecule has 0 saturated carbocycles. The molecule has 0 bridgehead atoms. The number of aryl methyl sites for hydroxylation is 1. The number of benzene rings is 1. The number of nitrogens with one attached hydrogen (secondary N) is 3. The fraction of sp³-hybridized carbons (Fsp3) is 0.500. The Bertz CT molecular complexity index is 699. The van der Waals surface area contributed by atoms with E-state index in [0.717, 1.165) is 25.0 Å². The van der Waals surface area contributed by atoms with Crippen LogP contribution in [0.3, 0.4) is 0 Å². The minimum atomic E-state index is -3.49. The lowest BCUT2D eigenvalue weighted by Gasteiger charge is -2.14. The summed E-state index contributed by atoms with van der Waals surface area (Å²) in [5.41, 5.74) is 5.93. The quantitative estimate of drug-likeness (QED) is 0.493. The summed E-state index contributed by atoms with van der Waals surface area (Å²) in [5, 5.41) is 3.21. The van der Waals surface area contributed by atoms with E-state index in [1.54, 1.807) is 24.3 Å². The van der Waals surface area contributed by atoms with Gasteiger partial charge in [0.15, 0.2) is 14.9 Å². The maximum atomic E-state index is 12.2. The summed E-state index contributed by atoms with van der Waals surface area (Å²) in [6.45, 7) is 3.22. The second-order valence-corrected chi connectivity index (χ2v) is 8.42. The molecule has 1 aliphatic rings. The normalized spacial score (nSPS) is 17.1. The molecule has 1 fully saturated rings. The van der Waals surface area contributed by atoms with E-state index in [-0.39, 0.29) is 28.3 Å². The van der Waals surface area contributed by atoms with Gasteiger partial charge in [-0.15, -0.1) is 0 Å². The van der Waals surface area contributed by atoms with Crippen LogP contribution in [0.2, 0.25) is 0 Å². The molecular formula is C16H23N3O4S2. The molecule has 1 saturated heterocycles. The Labute approximate surface area is 153 Å². The van der Waals surface area contributed by atoms with Crippen molar-refractivity contribution in [1.29, 1.82) is 0 Å². The van der Waals surface area contributed by atoms with Gasteiger partial charge in [-0.1, -0.05) is 17.7 Å². The molecule has 2 rings (SSSR count). The molecule has 0 spiro atoms. The number of carbonyl (C=O) groups is 1. The molecule has 1 aromatic carbocycles. The van der Waals surface area contributed by atoms with Crippen molar-refractivity contribution in [3.63, 3.8) is 0 Å². The molecule has 138 valence electrons. The van der Waals surface area contributed by atoms with E-state index in [9.17, 15) is 13.2 Å². The maximum absolute atomic E-state index is 12.2. The molecular weight excluding hydrogens is 362 g/mol. The van der Waals surface area contributed by atoms with Crippen LogP contribution in [-0.2, 0) is 19.4 Å². The average Bonchev–Trinajstić information content (AvgIpc) is 3.10. The summed E-state index contributed by atoms with van der Waals surface area (Å²) < 4.78 is 29.8. The highest BCUT2D eigenvalue weighted by atomic mass is 32.2. The van der Waals surface area contributed by atoms with Gasteiger partial charge in [0.1, 0.15) is 0 Å². The Kier molecular flexibility index (Phi) is 7.15. The Hall–Kier alpha value is -1.71. The van der Waals surface area contributed by atoms with Gasteiger partial charge in [0.2, 0.25) is 5.91 Å². The highest BCUT2D eigenvalue weighted by Gasteiger charge is 2.17. The molecule has 3 N–H and O–H groups in total. The van der Waals surface area contributed by atoms with Gasteiger partial charge in [-0.2, -0.15) is 0 Å². The topological polar surface area (TPSA) is 96.5 Å². The minimum Gasteiger partial charge on any atom is -0.376 e. The van der Waals surface area contributed by atoms with Crippen LogP contribution in [0.5, 0.6) is 0 Å². The molecule has 1 amide bonds. The fourth-order valence-corrected chi connectivity index (χ4v) is 3.71. The van der Waals surface area contributed by atoms with Gasteiger partial charge < -0.3 is 10.1 Å². The molecule has 1 atom stereocenters. The van der Waals surface area contributed by atoms with Crippen molar-refractivity contribution in [1.82, 2.24) is 16.2 Å². The fourth-order valence-electron chi connectivity index (χ4n) is 2.34. The second kappa shape index (κ2) is 9.12. The van der Waals surface area contributed by atoms with E-state index >= 15 is 0 Å². The lowest BCUT2D eigenvalue weighted by molar-refractivity contribution is -0.121. The van der Waals surface area contributed by atoms with Crippen molar-refractivity contribution < 1.29 is 17.9 Å². The molecule has 1 aromatic rings. The number of carbonyl (C=O) groups excluding carboxylic acids is 1. The zero-order valence-electron chi connectivity index (χ0n) is 14.1. The number of rotatable bonds is 6. The van der Waals surface area contributed by atoms with Gasteiger partial charge >= 0.3 is 0 Å². The monoisotopic (exact) mass is 385 g/mol. The van der Waals surface area contributed by atoms with Crippen LogP contribution in [0.25, 0.3) is 0 Å². The first kappa shape index (κ1) is 19.6. The number of hydrazine groups is 1. The van der Waals surface area contributed by atoms with Crippen molar-refractivity contribution >= 4 is 33.1 Å². The van der Waals surface area contributed by atoms with Crippen LogP contribution in [0.4, 0.5) is 0 Å². The third-order valence-electron chi connectivity index (χ3n) is 3.81. The number of thiocarbonyl (C=S) groups is 1. The van der Waals surface area contributed by atoms with Gasteiger partial charge in [-0.3, -0.25) is 15.6 Å². The summed E-state index contributed by atoms with van der Waals surface area (Å²) in [5.74, 6) is -0.711. The number of sulfone groups is 1. The van der Waals surface area contributed by atoms with Crippen LogP contribution >= 0.6 is 12.2 Å². The Morgan fingerprint density at radius 2 is 2.00 bits per heavy atom. The molecule has 0 aromatic heterocycles. The van der Waals surface area contributed by atoms with Crippen LogP contribution in [-0.4, -0.2) is 44.4 Å². The molecule has 25 heavy (non-hydrogen) atoms. The summed E-state index contributed by atoms with van der Waals surface area (Å²) in [4.78, 5) is 12.0. The van der Waals surface area contributed by atoms with E-state index in [2.05, 4.69) is 16.2 Å². The van der Waals surface area contributed by atoms with E-state index in [1.165, 1.54) is 0 Å². The maximum Gasteiger partial charge on any atom is 0.239 e. The van der Waals surface area contributed by atoms with Crippen molar-refractivity contribution in [3.8, 4) is 0 Å². The first-order valence-electron chi connectivity index (χ1n) is 8.10. The summed E-state index contributed by atoms with van der Waals surface area (Å²) in [6, 6.07) is 6.55. The largest absolute Gasteiger partial charge is 0.376 e. The van der Waals surface area contributed by atoms with Crippen LogP contribution in [0, 0.1) is 6.92 Å². The zero-order chi connectivity index (χ0) is 18.3. The first-order chi connectivity index (χ1) is 11.9. The Balaban J connectivity index is 1.69. The number of ether oxygens (including phenoxy) is 1. The average molecular weight is 386 g/mol. The van der Waals surface area contributed by atoms with Gasteiger partial charge in [-0.05, 0) is 44.1 Å². The van der Waals surface area contributed by atoms with Gasteiger partial charge in [0.25, 0.3) is 0 Å². The molecule has 1 aliphatic heterocycles. The Morgan fingerprint density at radius 3 is 2.64 bits per heavy atom. The van der Waals surface area contributed by atoms with Crippen LogP contribution in [0.1, 0.15) is 24.8 Å². The highest BCUT2D eigenvalue weighted by molar-refractivity contribution is 7.91. The number of hydrogen-bond acceptors (Lipinski definition) is 5. The molecule has 0 radical (unpaired) electrons. The van der Waals surface area contributed by atoms with Gasteiger partial charge in [-0.25, -0.2) is 8.42 Å². The van der Waals surface area contributed by atoms with Crippen LogP contribution in [0.15, 0.2) is 29.2 Å². The SMILES string of the molecule is Cc1ccc(S(=O)(=O)CCC(=O)NNC(=S)NC[C@H]2CCCO2)cc1. The molecule has 0 aliphatic carbocycles. The molecule has 7 nitrogen and oxygen atoms in total. The smallest absolute Gasteiger partial charge is 0.239 e. The minimum absolute atomic E-state index is 0.134. The predicted octanol–water partition coefficient (Wildman–Crippen LogP) is 0.833. The third kappa shape index (κ3) is 6.60. The predicted molar refractivity (Wildman–Crippen MR) is 98.7 cm³/mol. The Morgan fingerprint density at radius 1 is 1.28 bits per heavy atom. The van der Waals surface area contributed by atoms with E-state index in [1.807, 2.05) is 6.92 Å². The highest BCUT2D eigenvalue weighted by Crippen LogP contribution is 2.13. The zero-order valence-corrected chi connectivity index (χ0v) is 15.7. The lowest BCUT2D eigenvalue weighted by atomic mass is 10.2. The third-order valence-corrected chi connectivity index (χ3v) is 5.79. The van der Waals surface area contributed by atoms with Gasteiger partial charge in [0, 0.05) is 19.6 Å². The molecule has 1 heterocycles. The summed E-state index contributed by atoms with van der Waals surface area (Å²) in [6.07, 6.45) is 2.00. The van der Waals surface area contributed by atoms with Crippen molar-refractivity contribution in [2.24, 2.45) is 0 Å². The first-order valence-corrected chi connectivity index (χ1v) is 10.2. The summed E-state index contributed by atoms with van der Waals surface area (Å²) >= 11 is 5.04. The van der Waals surface area contributed by atoms with E-state index in [4.69, 9.17) is 17.0 Å². The van der Waals surface area contributed by atoms with E-state index in [0.29, 0.717) is 6.54 Å². The molecule has 9 heteroatoms. The number of amides is 1. The van der Waals surface area contributed by atoms with Crippen molar-refractivity contribution in [2.45, 2.75) is 37.2 Å². The summed E-state index contributed by atoms with van der Waals surface area (Å²) in [7, 11) is -3.49.